The molecule has 0 aromatic heterocycles. The lowest BCUT2D eigenvalue weighted by atomic mass is 10.3. The van der Waals surface area contributed by atoms with Crippen LogP contribution < -0.4 is 9.46 Å². The van der Waals surface area contributed by atoms with E-state index in [2.05, 4.69) is 0 Å². The number of sulfonamides is 1. The number of ether oxygens (including phenoxy) is 1. The van der Waals surface area contributed by atoms with Crippen molar-refractivity contribution in [3.63, 3.8) is 0 Å². The molecule has 0 bridgehead atoms. The largest absolute Gasteiger partial charge is 0.494 e. The molecule has 8 heteroatoms. The zero-order valence-corrected chi connectivity index (χ0v) is 12.8. The Labute approximate surface area is 128 Å². The molecular formula is C14H17NO6S. The van der Waals surface area contributed by atoms with Gasteiger partial charge in [-0.15, -0.1) is 0 Å². The Balaban J connectivity index is 2.01. The summed E-state index contributed by atoms with van der Waals surface area (Å²) in [6.45, 7) is 2.48. The van der Waals surface area contributed by atoms with Gasteiger partial charge in [-0.3, -0.25) is 9.59 Å². The van der Waals surface area contributed by atoms with Crippen LogP contribution in [0, 0.1) is 11.8 Å². The molecule has 0 radical (unpaired) electrons. The molecule has 2 N–H and O–H groups in total. The summed E-state index contributed by atoms with van der Waals surface area (Å²) >= 11 is 0. The number of aliphatic carboxylic acids is 1. The monoisotopic (exact) mass is 327 g/mol. The first kappa shape index (κ1) is 16.3. The maximum absolute atomic E-state index is 12.1. The maximum atomic E-state index is 12.1. The molecule has 7 nitrogen and oxygen atoms in total. The van der Waals surface area contributed by atoms with Crippen LogP contribution in [-0.4, -0.2) is 32.0 Å². The topological polar surface area (TPSA) is 110 Å². The number of nitrogens with one attached hydrogen (secondary N) is 1. The van der Waals surface area contributed by atoms with E-state index in [-0.39, 0.29) is 11.3 Å². The Morgan fingerprint density at radius 3 is 2.41 bits per heavy atom. The van der Waals surface area contributed by atoms with E-state index >= 15 is 0 Å². The summed E-state index contributed by atoms with van der Waals surface area (Å²) in [5, 5.41) is 8.75. The van der Waals surface area contributed by atoms with Gasteiger partial charge in [0.1, 0.15) is 5.75 Å². The standard InChI is InChI=1S/C14H17NO6S/c1-2-7-21-9-3-5-10(6-4-9)22(19,20)15-13(16)11-8-12(11)14(17)18/h3-6,11-12H,2,7-8H2,1H3,(H,15,16)(H,17,18)/t11-,12-/m1/s1. The van der Waals surface area contributed by atoms with Crippen LogP contribution in [-0.2, 0) is 19.6 Å². The molecule has 1 aliphatic carbocycles. The average molecular weight is 327 g/mol. The Morgan fingerprint density at radius 2 is 1.91 bits per heavy atom. The highest BCUT2D eigenvalue weighted by Crippen LogP contribution is 2.38. The van der Waals surface area contributed by atoms with Crippen LogP contribution in [0.25, 0.3) is 0 Å². The summed E-state index contributed by atoms with van der Waals surface area (Å²) < 4.78 is 31.4. The first-order chi connectivity index (χ1) is 10.3. The molecule has 120 valence electrons. The molecule has 1 fully saturated rings. The Morgan fingerprint density at radius 1 is 1.27 bits per heavy atom. The number of hydrogen-bond donors (Lipinski definition) is 2. The van der Waals surface area contributed by atoms with E-state index < -0.39 is 33.7 Å². The molecule has 0 unspecified atom stereocenters. The number of rotatable bonds is 7. The van der Waals surface area contributed by atoms with Crippen LogP contribution >= 0.6 is 0 Å². The highest BCUT2D eigenvalue weighted by Gasteiger charge is 2.49. The molecular weight excluding hydrogens is 310 g/mol. The zero-order chi connectivity index (χ0) is 16.3. The number of carbonyl (C=O) groups excluding carboxylic acids is 1. The van der Waals surface area contributed by atoms with E-state index in [1.165, 1.54) is 24.3 Å². The summed E-state index contributed by atoms with van der Waals surface area (Å²) in [7, 11) is -4.00. The fourth-order valence-corrected chi connectivity index (χ4v) is 2.99. The van der Waals surface area contributed by atoms with Gasteiger partial charge in [-0.05, 0) is 37.1 Å². The van der Waals surface area contributed by atoms with Crippen LogP contribution in [0.1, 0.15) is 19.8 Å². The number of amides is 1. The first-order valence-electron chi connectivity index (χ1n) is 6.87. The second-order valence-corrected chi connectivity index (χ2v) is 6.76. The van der Waals surface area contributed by atoms with Crippen molar-refractivity contribution in [2.45, 2.75) is 24.7 Å². The Bertz CT molecular complexity index is 667. The molecule has 2 rings (SSSR count). The van der Waals surface area contributed by atoms with Crippen LogP contribution in [0.15, 0.2) is 29.2 Å². The van der Waals surface area contributed by atoms with Gasteiger partial charge in [0.05, 0.1) is 23.3 Å². The van der Waals surface area contributed by atoms with E-state index in [1.807, 2.05) is 11.6 Å². The molecule has 1 amide bonds. The van der Waals surface area contributed by atoms with Gasteiger partial charge in [-0.2, -0.15) is 0 Å². The number of carboxylic acid groups (broad SMARTS) is 1. The van der Waals surface area contributed by atoms with Gasteiger partial charge in [0.25, 0.3) is 10.0 Å². The fraction of sp³-hybridized carbons (Fsp3) is 0.429. The molecule has 1 aromatic rings. The molecule has 1 saturated carbocycles. The molecule has 0 aliphatic heterocycles. The van der Waals surface area contributed by atoms with E-state index in [0.29, 0.717) is 12.4 Å². The van der Waals surface area contributed by atoms with Gasteiger partial charge in [0.15, 0.2) is 0 Å². The third-order valence-electron chi connectivity index (χ3n) is 3.29. The lowest BCUT2D eigenvalue weighted by Gasteiger charge is -2.08. The second kappa shape index (κ2) is 6.35. The van der Waals surface area contributed by atoms with Crippen molar-refractivity contribution >= 4 is 21.9 Å². The van der Waals surface area contributed by atoms with Crippen molar-refractivity contribution in [1.82, 2.24) is 4.72 Å². The molecule has 22 heavy (non-hydrogen) atoms. The van der Waals surface area contributed by atoms with Gasteiger partial charge < -0.3 is 9.84 Å². The van der Waals surface area contributed by atoms with Crippen LogP contribution in [0.4, 0.5) is 0 Å². The smallest absolute Gasteiger partial charge is 0.307 e. The molecule has 2 atom stereocenters. The first-order valence-corrected chi connectivity index (χ1v) is 8.36. The Hall–Kier alpha value is -2.09. The van der Waals surface area contributed by atoms with Crippen LogP contribution in [0.3, 0.4) is 0 Å². The van der Waals surface area contributed by atoms with E-state index in [1.54, 1.807) is 0 Å². The van der Waals surface area contributed by atoms with Crippen LogP contribution in [0.5, 0.6) is 5.75 Å². The molecule has 1 aromatic carbocycles. The quantitative estimate of drug-likeness (QED) is 0.773. The van der Waals surface area contributed by atoms with E-state index in [0.717, 1.165) is 6.42 Å². The second-order valence-electron chi connectivity index (χ2n) is 5.08. The van der Waals surface area contributed by atoms with Crippen molar-refractivity contribution < 1.29 is 27.9 Å². The predicted octanol–water partition coefficient (Wildman–Crippen LogP) is 1.00. The highest BCUT2D eigenvalue weighted by atomic mass is 32.2. The van der Waals surface area contributed by atoms with Crippen LogP contribution in [0.2, 0.25) is 0 Å². The van der Waals surface area contributed by atoms with Crippen molar-refractivity contribution in [3.05, 3.63) is 24.3 Å². The fourth-order valence-electron chi connectivity index (χ4n) is 1.96. The van der Waals surface area contributed by atoms with Crippen molar-refractivity contribution in [2.75, 3.05) is 6.61 Å². The lowest BCUT2D eigenvalue weighted by Crippen LogP contribution is -2.32. The average Bonchev–Trinajstić information content (AvgIpc) is 3.26. The van der Waals surface area contributed by atoms with Gasteiger partial charge >= 0.3 is 5.97 Å². The van der Waals surface area contributed by atoms with E-state index in [4.69, 9.17) is 9.84 Å². The van der Waals surface area contributed by atoms with Crippen molar-refractivity contribution in [1.29, 1.82) is 0 Å². The summed E-state index contributed by atoms with van der Waals surface area (Å²) in [6.07, 6.45) is 1.00. The molecule has 0 heterocycles. The summed E-state index contributed by atoms with van der Waals surface area (Å²) in [5.74, 6) is -2.90. The van der Waals surface area contributed by atoms with E-state index in [9.17, 15) is 18.0 Å². The third-order valence-corrected chi connectivity index (χ3v) is 4.65. The minimum Gasteiger partial charge on any atom is -0.494 e. The minimum absolute atomic E-state index is 0.0720. The minimum atomic E-state index is -4.00. The van der Waals surface area contributed by atoms with Gasteiger partial charge in [-0.1, -0.05) is 6.92 Å². The SMILES string of the molecule is CCCOc1ccc(S(=O)(=O)NC(=O)[C@@H]2C[C@H]2C(=O)O)cc1. The number of carbonyl (C=O) groups is 2. The lowest BCUT2D eigenvalue weighted by molar-refractivity contribution is -0.140. The van der Waals surface area contributed by atoms with Gasteiger partial charge in [0.2, 0.25) is 5.91 Å². The number of benzene rings is 1. The third kappa shape index (κ3) is 3.76. The zero-order valence-electron chi connectivity index (χ0n) is 12.0. The summed E-state index contributed by atoms with van der Waals surface area (Å²) in [5.41, 5.74) is 0. The number of hydrogen-bond acceptors (Lipinski definition) is 5. The summed E-state index contributed by atoms with van der Waals surface area (Å²) in [4.78, 5) is 22.4. The van der Waals surface area contributed by atoms with Crippen molar-refractivity contribution in [2.24, 2.45) is 11.8 Å². The molecule has 0 spiro atoms. The van der Waals surface area contributed by atoms with Crippen molar-refractivity contribution in [3.8, 4) is 5.75 Å². The Kier molecular flexibility index (Phi) is 4.70. The van der Waals surface area contributed by atoms with Gasteiger partial charge in [-0.25, -0.2) is 13.1 Å². The molecule has 1 aliphatic rings. The molecule has 0 saturated heterocycles. The highest BCUT2D eigenvalue weighted by molar-refractivity contribution is 7.90. The van der Waals surface area contributed by atoms with Gasteiger partial charge in [0, 0.05) is 0 Å². The maximum Gasteiger partial charge on any atom is 0.307 e. The number of carboxylic acids is 1. The predicted molar refractivity (Wildman–Crippen MR) is 76.8 cm³/mol. The normalized spacial score (nSPS) is 20.2. The summed E-state index contributed by atoms with van der Waals surface area (Å²) in [6, 6.07) is 5.68.